The maximum Gasteiger partial charge on any atom is 0.0663 e. The van der Waals surface area contributed by atoms with Crippen LogP contribution in [0.5, 0.6) is 0 Å². The van der Waals surface area contributed by atoms with Gasteiger partial charge in [0.2, 0.25) is 0 Å². The van der Waals surface area contributed by atoms with Gasteiger partial charge in [-0.25, -0.2) is 0 Å². The van der Waals surface area contributed by atoms with Gasteiger partial charge in [0.15, 0.2) is 0 Å². The molecule has 1 rings (SSSR count). The topological polar surface area (TPSA) is 24.5 Å². The van der Waals surface area contributed by atoms with E-state index < -0.39 is 0 Å². The van der Waals surface area contributed by atoms with Crippen molar-refractivity contribution in [3.05, 3.63) is 28.2 Å². The zero-order chi connectivity index (χ0) is 13.7. The lowest BCUT2D eigenvalue weighted by Crippen LogP contribution is -2.34. The molecule has 1 aromatic carbocycles. The highest BCUT2D eigenvalue weighted by Gasteiger charge is 2.16. The molecule has 0 radical (unpaired) electrons. The van der Waals surface area contributed by atoms with Gasteiger partial charge in [0.05, 0.1) is 6.61 Å². The van der Waals surface area contributed by atoms with E-state index in [0.717, 1.165) is 11.1 Å². The van der Waals surface area contributed by atoms with E-state index in [-0.39, 0.29) is 0 Å². The third-order valence-electron chi connectivity index (χ3n) is 3.34. The Morgan fingerprint density at radius 3 is 2.61 bits per heavy atom. The Labute approximate surface area is 119 Å². The van der Waals surface area contributed by atoms with E-state index in [4.69, 9.17) is 4.74 Å². The quantitative estimate of drug-likeness (QED) is 0.872. The van der Waals surface area contributed by atoms with Crippen molar-refractivity contribution in [2.24, 2.45) is 0 Å². The number of nitrogens with one attached hydrogen (secondary N) is 1. The van der Waals surface area contributed by atoms with Crippen LogP contribution in [-0.4, -0.2) is 33.9 Å². The molecule has 0 spiro atoms. The van der Waals surface area contributed by atoms with Crippen molar-refractivity contribution in [3.63, 3.8) is 0 Å². The first kappa shape index (κ1) is 15.5. The minimum Gasteiger partial charge on any atom is -0.383 e. The Morgan fingerprint density at radius 1 is 1.39 bits per heavy atom. The van der Waals surface area contributed by atoms with Crippen molar-refractivity contribution >= 4 is 21.6 Å². The fraction of sp³-hybridized carbons (Fsp3) is 0.571. The van der Waals surface area contributed by atoms with Gasteiger partial charge in [0.25, 0.3) is 0 Å². The Bertz CT molecular complexity index is 384. The van der Waals surface area contributed by atoms with Crippen LogP contribution in [0.3, 0.4) is 0 Å². The predicted octanol–water partition coefficient (Wildman–Crippen LogP) is 3.20. The van der Waals surface area contributed by atoms with E-state index in [1.54, 1.807) is 7.11 Å². The molecule has 0 saturated carbocycles. The summed E-state index contributed by atoms with van der Waals surface area (Å²) in [7, 11) is 5.83. The smallest absolute Gasteiger partial charge is 0.0663 e. The number of hydrogen-bond acceptors (Lipinski definition) is 3. The number of benzene rings is 1. The lowest BCUT2D eigenvalue weighted by atomic mass is 10.0. The lowest BCUT2D eigenvalue weighted by molar-refractivity contribution is 0.183. The minimum atomic E-state index is 0.315. The van der Waals surface area contributed by atoms with Crippen LogP contribution in [0.25, 0.3) is 0 Å². The van der Waals surface area contributed by atoms with Gasteiger partial charge in [-0.05, 0) is 44.7 Å². The average Bonchev–Trinajstić information content (AvgIpc) is 2.37. The molecule has 0 aliphatic heterocycles. The van der Waals surface area contributed by atoms with Crippen molar-refractivity contribution in [2.45, 2.75) is 25.9 Å². The van der Waals surface area contributed by atoms with E-state index >= 15 is 0 Å². The Kier molecular flexibility index (Phi) is 6.12. The summed E-state index contributed by atoms with van der Waals surface area (Å²) in [4.78, 5) is 2.26. The van der Waals surface area contributed by atoms with Crippen LogP contribution in [0.15, 0.2) is 22.7 Å². The fourth-order valence-electron chi connectivity index (χ4n) is 1.94. The number of methoxy groups -OCH3 is 1. The van der Waals surface area contributed by atoms with Crippen LogP contribution < -0.4 is 10.2 Å². The first-order chi connectivity index (χ1) is 8.51. The zero-order valence-corrected chi connectivity index (χ0v) is 13.4. The zero-order valence-electron chi connectivity index (χ0n) is 11.8. The third kappa shape index (κ3) is 3.70. The Morgan fingerprint density at radius 2 is 2.06 bits per heavy atom. The molecule has 0 aliphatic carbocycles. The molecule has 1 aromatic rings. The number of nitrogens with zero attached hydrogens (tertiary/aromatic N) is 1. The van der Waals surface area contributed by atoms with E-state index in [2.05, 4.69) is 65.2 Å². The molecule has 2 atom stereocenters. The van der Waals surface area contributed by atoms with Gasteiger partial charge in [0, 0.05) is 36.4 Å². The minimum absolute atomic E-state index is 0.315. The molecule has 0 aliphatic rings. The molecular weight excluding hydrogens is 292 g/mol. The van der Waals surface area contributed by atoms with E-state index in [0.29, 0.717) is 12.1 Å². The van der Waals surface area contributed by atoms with E-state index in [1.807, 2.05) is 7.05 Å². The van der Waals surface area contributed by atoms with Gasteiger partial charge in [-0.15, -0.1) is 0 Å². The molecule has 4 heteroatoms. The number of hydrogen-bond donors (Lipinski definition) is 1. The second-order valence-corrected chi connectivity index (χ2v) is 5.54. The van der Waals surface area contributed by atoms with E-state index in [9.17, 15) is 0 Å². The van der Waals surface area contributed by atoms with Crippen LogP contribution in [0.1, 0.15) is 25.5 Å². The van der Waals surface area contributed by atoms with Crippen LogP contribution in [0.4, 0.5) is 5.69 Å². The summed E-state index contributed by atoms with van der Waals surface area (Å²) in [6.07, 6.45) is 0. The molecule has 0 fully saturated rings. The van der Waals surface area contributed by atoms with Crippen molar-refractivity contribution < 1.29 is 4.74 Å². The largest absolute Gasteiger partial charge is 0.383 e. The van der Waals surface area contributed by atoms with Gasteiger partial charge in [-0.2, -0.15) is 0 Å². The summed E-state index contributed by atoms with van der Waals surface area (Å²) in [5, 5.41) is 3.30. The van der Waals surface area contributed by atoms with Crippen molar-refractivity contribution in [2.75, 3.05) is 32.7 Å². The third-order valence-corrected chi connectivity index (χ3v) is 3.83. The SMILES string of the molecule is CNC(C)c1cc(Br)ccc1N(C)C(C)COC. The molecule has 0 amide bonds. The molecule has 1 N–H and O–H groups in total. The number of anilines is 1. The number of ether oxygens (including phenoxy) is 1. The maximum atomic E-state index is 5.23. The Balaban J connectivity index is 3.06. The van der Waals surface area contributed by atoms with Crippen LogP contribution >= 0.6 is 15.9 Å². The second kappa shape index (κ2) is 7.12. The van der Waals surface area contributed by atoms with Crippen molar-refractivity contribution in [1.29, 1.82) is 0 Å². The first-order valence-corrected chi connectivity index (χ1v) is 6.99. The van der Waals surface area contributed by atoms with E-state index in [1.165, 1.54) is 11.3 Å². The monoisotopic (exact) mass is 314 g/mol. The first-order valence-electron chi connectivity index (χ1n) is 6.19. The van der Waals surface area contributed by atoms with Crippen LogP contribution in [0.2, 0.25) is 0 Å². The highest BCUT2D eigenvalue weighted by Crippen LogP contribution is 2.29. The summed E-state index contributed by atoms with van der Waals surface area (Å²) < 4.78 is 6.34. The number of likely N-dealkylation sites (N-methyl/N-ethyl adjacent to an activating group) is 1. The highest BCUT2D eigenvalue weighted by molar-refractivity contribution is 9.10. The number of halogens is 1. The number of rotatable bonds is 6. The molecule has 0 heterocycles. The summed E-state index contributed by atoms with van der Waals surface area (Å²) in [6.45, 7) is 5.05. The predicted molar refractivity (Wildman–Crippen MR) is 81.4 cm³/mol. The maximum absolute atomic E-state index is 5.23. The second-order valence-electron chi connectivity index (χ2n) is 4.63. The van der Waals surface area contributed by atoms with Gasteiger partial charge in [-0.3, -0.25) is 0 Å². The van der Waals surface area contributed by atoms with Gasteiger partial charge < -0.3 is 15.0 Å². The molecule has 18 heavy (non-hydrogen) atoms. The lowest BCUT2D eigenvalue weighted by Gasteiger charge is -2.30. The molecule has 2 unspecified atom stereocenters. The summed E-state index contributed by atoms with van der Waals surface area (Å²) in [6, 6.07) is 7.07. The Hall–Kier alpha value is -0.580. The van der Waals surface area contributed by atoms with Crippen molar-refractivity contribution in [3.8, 4) is 0 Å². The molecule has 0 saturated heterocycles. The highest BCUT2D eigenvalue weighted by atomic mass is 79.9. The molecule has 0 bridgehead atoms. The van der Waals surface area contributed by atoms with Gasteiger partial charge >= 0.3 is 0 Å². The van der Waals surface area contributed by atoms with Crippen molar-refractivity contribution in [1.82, 2.24) is 5.32 Å². The molecule has 102 valence electrons. The van der Waals surface area contributed by atoms with Gasteiger partial charge in [-0.1, -0.05) is 15.9 Å². The molecular formula is C14H23BrN2O. The average molecular weight is 315 g/mol. The summed E-state index contributed by atoms with van der Waals surface area (Å²) in [5.74, 6) is 0. The fourth-order valence-corrected chi connectivity index (χ4v) is 2.32. The molecule has 3 nitrogen and oxygen atoms in total. The standard InChI is InChI=1S/C14H23BrN2O/c1-10(9-18-5)17(4)14-7-6-12(15)8-13(14)11(2)16-3/h6-8,10-11,16H,9H2,1-5H3. The summed E-state index contributed by atoms with van der Waals surface area (Å²) in [5.41, 5.74) is 2.53. The van der Waals surface area contributed by atoms with Crippen LogP contribution in [-0.2, 0) is 4.74 Å². The molecule has 0 aromatic heterocycles. The summed E-state index contributed by atoms with van der Waals surface area (Å²) >= 11 is 3.54. The van der Waals surface area contributed by atoms with Crippen LogP contribution in [0, 0.1) is 0 Å². The normalized spacial score (nSPS) is 14.3. The van der Waals surface area contributed by atoms with Gasteiger partial charge in [0.1, 0.15) is 0 Å².